The number of Topliss-reactive ketones (excluding diaryl/α,β-unsaturated/α-hetero) is 1. The van der Waals surface area contributed by atoms with Crippen LogP contribution in [0, 0.1) is 25.2 Å². The Morgan fingerprint density at radius 2 is 1.86 bits per heavy atom. The lowest BCUT2D eigenvalue weighted by Gasteiger charge is -2.28. The first-order valence-corrected chi connectivity index (χ1v) is 18.1. The van der Waals surface area contributed by atoms with Gasteiger partial charge in [-0.05, 0) is 96.3 Å². The lowest BCUT2D eigenvalue weighted by Crippen LogP contribution is -2.47. The molecule has 266 valence electrons. The van der Waals surface area contributed by atoms with E-state index in [4.69, 9.17) is 5.10 Å². The molecule has 6 rings (SSSR count). The molecule has 4 atom stereocenters. The van der Waals surface area contributed by atoms with Gasteiger partial charge in [-0.3, -0.25) is 23.9 Å². The predicted molar refractivity (Wildman–Crippen MR) is 198 cm³/mol. The minimum absolute atomic E-state index is 0.0483. The molecule has 1 saturated carbocycles. The monoisotopic (exact) mass is 754 g/mol. The second-order valence-corrected chi connectivity index (χ2v) is 14.6. The number of benzene rings is 1. The van der Waals surface area contributed by atoms with E-state index >= 15 is 0 Å². The average Bonchev–Trinajstić information content (AvgIpc) is 3.36. The third kappa shape index (κ3) is 6.95. The Kier molecular flexibility index (Phi) is 10.2. The summed E-state index contributed by atoms with van der Waals surface area (Å²) >= 11 is 3.38. The molecule has 12 nitrogen and oxygen atoms in total. The van der Waals surface area contributed by atoms with E-state index < -0.39 is 11.5 Å². The summed E-state index contributed by atoms with van der Waals surface area (Å²) in [6, 6.07) is 6.51. The average molecular weight is 756 g/mol. The zero-order valence-corrected chi connectivity index (χ0v) is 31.2. The van der Waals surface area contributed by atoms with Crippen LogP contribution in [-0.2, 0) is 27.3 Å². The van der Waals surface area contributed by atoms with Gasteiger partial charge in [-0.15, -0.1) is 6.58 Å². The number of fused-ring (bicyclic) bond motifs is 2. The third-order valence-electron chi connectivity index (χ3n) is 10.3. The molecule has 0 spiro atoms. The first-order chi connectivity index (χ1) is 24.4. The number of amides is 3. The Morgan fingerprint density at radius 1 is 1.12 bits per heavy atom. The summed E-state index contributed by atoms with van der Waals surface area (Å²) in [5.74, 6) is 0.197. The van der Waals surface area contributed by atoms with Gasteiger partial charge >= 0.3 is 0 Å². The molecule has 1 aliphatic carbocycles. The second-order valence-electron chi connectivity index (χ2n) is 13.7. The maximum atomic E-state index is 14.6. The molecule has 1 saturated heterocycles. The van der Waals surface area contributed by atoms with Crippen LogP contribution in [0.1, 0.15) is 73.9 Å². The van der Waals surface area contributed by atoms with E-state index in [9.17, 15) is 19.2 Å². The minimum atomic E-state index is -0.801. The molecule has 1 unspecified atom stereocenters. The second kappa shape index (κ2) is 14.5. The van der Waals surface area contributed by atoms with Gasteiger partial charge in [0.25, 0.3) is 0 Å². The highest BCUT2D eigenvalue weighted by atomic mass is 79.9. The van der Waals surface area contributed by atoms with Crippen molar-refractivity contribution in [3.05, 3.63) is 76.6 Å². The number of aryl methyl sites for hydroxylation is 3. The first-order valence-electron chi connectivity index (χ1n) is 17.3. The smallest absolute Gasteiger partial charge is 0.248 e. The van der Waals surface area contributed by atoms with E-state index in [1.165, 1.54) is 6.92 Å². The van der Waals surface area contributed by atoms with Crippen LogP contribution < -0.4 is 10.6 Å². The van der Waals surface area contributed by atoms with Gasteiger partial charge in [-0.1, -0.05) is 26.0 Å². The highest BCUT2D eigenvalue weighted by Crippen LogP contribution is 2.64. The molecule has 0 bridgehead atoms. The van der Waals surface area contributed by atoms with E-state index in [0.717, 1.165) is 28.7 Å². The maximum Gasteiger partial charge on any atom is 0.248 e. The number of carbonyl (C=O) groups excluding carboxylic acids is 4. The quantitative estimate of drug-likeness (QED) is 0.0995. The van der Waals surface area contributed by atoms with Crippen LogP contribution in [0.3, 0.4) is 0 Å². The Morgan fingerprint density at radius 3 is 2.55 bits per heavy atom. The molecule has 3 amide bonds. The molecule has 13 heteroatoms. The number of likely N-dealkylation sites (tertiary alicyclic amines) is 1. The molecule has 51 heavy (non-hydrogen) atoms. The molecule has 3 aromatic heterocycles. The van der Waals surface area contributed by atoms with Crippen molar-refractivity contribution in [1.82, 2.24) is 34.9 Å². The van der Waals surface area contributed by atoms with Gasteiger partial charge in [0.2, 0.25) is 17.7 Å². The molecular weight excluding hydrogens is 712 g/mol. The van der Waals surface area contributed by atoms with Gasteiger partial charge in [0.05, 0.1) is 5.52 Å². The zero-order chi connectivity index (χ0) is 36.6. The van der Waals surface area contributed by atoms with Crippen molar-refractivity contribution in [2.45, 2.75) is 85.4 Å². The van der Waals surface area contributed by atoms with E-state index in [0.29, 0.717) is 59.4 Å². The maximum absolute atomic E-state index is 14.6. The Balaban J connectivity index is 1.38. The highest BCUT2D eigenvalue weighted by Gasteiger charge is 2.72. The van der Waals surface area contributed by atoms with Crippen LogP contribution in [0.15, 0.2) is 53.9 Å². The molecule has 4 aromatic rings. The van der Waals surface area contributed by atoms with Gasteiger partial charge in [0.15, 0.2) is 5.78 Å². The van der Waals surface area contributed by atoms with Crippen molar-refractivity contribution in [2.75, 3.05) is 11.9 Å². The van der Waals surface area contributed by atoms with Crippen LogP contribution in [0.25, 0.3) is 22.0 Å². The number of hydrogen-bond acceptors (Lipinski definition) is 8. The predicted octanol–water partition coefficient (Wildman–Crippen LogP) is 5.75. The molecule has 0 radical (unpaired) electrons. The van der Waals surface area contributed by atoms with E-state index in [-0.39, 0.29) is 47.7 Å². The van der Waals surface area contributed by atoms with E-state index in [1.807, 2.05) is 45.0 Å². The summed E-state index contributed by atoms with van der Waals surface area (Å²) in [6.45, 7) is 13.2. The van der Waals surface area contributed by atoms with Crippen molar-refractivity contribution in [2.24, 2.45) is 11.3 Å². The van der Waals surface area contributed by atoms with Crippen molar-refractivity contribution in [1.29, 1.82) is 0 Å². The van der Waals surface area contributed by atoms with Crippen molar-refractivity contribution < 1.29 is 19.2 Å². The number of allylic oxidation sites excluding steroid dienone is 1. The normalized spacial score (nSPS) is 20.6. The molecule has 2 fully saturated rings. The number of hydrogen-bond donors (Lipinski definition) is 2. The summed E-state index contributed by atoms with van der Waals surface area (Å²) in [5.41, 5.74) is 3.81. The van der Waals surface area contributed by atoms with Crippen molar-refractivity contribution >= 4 is 56.2 Å². The SMILES string of the molecule is C=CCCc1cc(-c2cnc(C)nc2)cc2c(C(C)=O)nn(CC(=O)N3C4[C@H](C)[C@]4(CNC(=O)CCC)C[C@H]3C(=O)Nc3nc(Br)ccc3C)c12. The van der Waals surface area contributed by atoms with Crippen molar-refractivity contribution in [3.8, 4) is 11.1 Å². The number of nitrogens with zero attached hydrogens (tertiary/aromatic N) is 6. The fraction of sp³-hybridized carbons (Fsp3) is 0.421. The number of anilines is 1. The van der Waals surface area contributed by atoms with Gasteiger partial charge < -0.3 is 15.5 Å². The summed E-state index contributed by atoms with van der Waals surface area (Å²) in [4.78, 5) is 69.0. The number of nitrogens with one attached hydrogen (secondary N) is 2. The van der Waals surface area contributed by atoms with Crippen LogP contribution in [0.4, 0.5) is 5.82 Å². The van der Waals surface area contributed by atoms with Crippen LogP contribution >= 0.6 is 15.9 Å². The summed E-state index contributed by atoms with van der Waals surface area (Å²) in [6.07, 6.45) is 8.12. The number of piperidine rings is 1. The van der Waals surface area contributed by atoms with Gasteiger partial charge in [0, 0.05) is 54.7 Å². The van der Waals surface area contributed by atoms with Gasteiger partial charge in [0.1, 0.15) is 34.5 Å². The van der Waals surface area contributed by atoms with Crippen molar-refractivity contribution in [3.63, 3.8) is 0 Å². The fourth-order valence-electron chi connectivity index (χ4n) is 7.59. The minimum Gasteiger partial charge on any atom is -0.355 e. The number of pyridine rings is 1. The number of ketones is 1. The number of rotatable bonds is 13. The summed E-state index contributed by atoms with van der Waals surface area (Å²) in [5, 5.41) is 11.4. The Labute approximate surface area is 305 Å². The topological polar surface area (TPSA) is 152 Å². The standard InChI is InChI=1S/C38H43BrN8O4/c1-7-9-11-25-14-26(27-17-40-24(6)41-18-27)15-28-33(23(5)48)45-46(34(25)28)19-32(50)47-29(37(51)44-36-21(3)12-13-30(39)43-36)16-38(22(4)35(38)47)20-42-31(49)10-8-2/h7,12-15,17-18,22,29,35H,1,8-11,16,19-20H2,2-6H3,(H,42,49)(H,43,44,51)/t22-,29-,35?,38+/m0/s1. The molecule has 2 aliphatic rings. The zero-order valence-electron chi connectivity index (χ0n) is 29.6. The first kappa shape index (κ1) is 36.0. The summed E-state index contributed by atoms with van der Waals surface area (Å²) < 4.78 is 2.18. The number of carbonyl (C=O) groups is 4. The Bertz CT molecular complexity index is 2040. The van der Waals surface area contributed by atoms with Crippen LogP contribution in [0.2, 0.25) is 0 Å². The number of aromatic nitrogens is 5. The highest BCUT2D eigenvalue weighted by molar-refractivity contribution is 9.10. The lowest BCUT2D eigenvalue weighted by atomic mass is 9.95. The van der Waals surface area contributed by atoms with Crippen LogP contribution in [-0.4, -0.2) is 71.8 Å². The molecule has 1 aliphatic heterocycles. The molecule has 1 aromatic carbocycles. The summed E-state index contributed by atoms with van der Waals surface area (Å²) in [7, 11) is 0. The van der Waals surface area contributed by atoms with Gasteiger partial charge in [-0.2, -0.15) is 5.10 Å². The van der Waals surface area contributed by atoms with Crippen LogP contribution in [0.5, 0.6) is 0 Å². The van der Waals surface area contributed by atoms with E-state index in [2.05, 4.69) is 55.0 Å². The van der Waals surface area contributed by atoms with Gasteiger partial charge in [-0.25, -0.2) is 15.0 Å². The van der Waals surface area contributed by atoms with E-state index in [1.54, 1.807) is 28.0 Å². The molecule has 2 N–H and O–H groups in total. The largest absolute Gasteiger partial charge is 0.355 e. The fourth-order valence-corrected chi connectivity index (χ4v) is 7.90. The molecular formula is C38H43BrN8O4. The number of halogens is 1. The molecule has 4 heterocycles. The lowest BCUT2D eigenvalue weighted by molar-refractivity contribution is -0.139. The Hall–Kier alpha value is -4.78. The third-order valence-corrected chi connectivity index (χ3v) is 10.8.